The van der Waals surface area contributed by atoms with Gasteiger partial charge in [0.1, 0.15) is 0 Å². The first-order chi connectivity index (χ1) is 7.61. The van der Waals surface area contributed by atoms with Gasteiger partial charge in [-0.1, -0.05) is 0 Å². The second-order valence-corrected chi connectivity index (χ2v) is 4.92. The van der Waals surface area contributed by atoms with E-state index in [1.165, 1.54) is 4.90 Å². The molecule has 1 aliphatic rings. The average Bonchev–Trinajstić information content (AvgIpc) is 2.29. The van der Waals surface area contributed by atoms with Gasteiger partial charge in [0.05, 0.1) is 0 Å². The SMILES string of the molecule is CSc1ccc(N2CCC(F)(F)CC2)cc1. The van der Waals surface area contributed by atoms with Crippen molar-refractivity contribution in [3.05, 3.63) is 24.3 Å². The first-order valence-electron chi connectivity index (χ1n) is 5.37. The number of piperidine rings is 1. The molecule has 0 N–H and O–H groups in total. The van der Waals surface area contributed by atoms with Crippen molar-refractivity contribution in [1.29, 1.82) is 0 Å². The molecule has 0 bridgehead atoms. The lowest BCUT2D eigenvalue weighted by Crippen LogP contribution is -2.39. The largest absolute Gasteiger partial charge is 0.371 e. The molecule has 1 heterocycles. The predicted octanol–water partition coefficient (Wildman–Crippen LogP) is 3.64. The summed E-state index contributed by atoms with van der Waals surface area (Å²) >= 11 is 1.69. The van der Waals surface area contributed by atoms with Gasteiger partial charge in [0.15, 0.2) is 0 Å². The summed E-state index contributed by atoms with van der Waals surface area (Å²) < 4.78 is 26.0. The van der Waals surface area contributed by atoms with Crippen molar-refractivity contribution in [2.45, 2.75) is 23.7 Å². The minimum atomic E-state index is -2.46. The van der Waals surface area contributed by atoms with Gasteiger partial charge in [0.2, 0.25) is 0 Å². The Bertz CT molecular complexity index is 341. The van der Waals surface area contributed by atoms with Gasteiger partial charge >= 0.3 is 0 Å². The normalized spacial score (nSPS) is 19.8. The third-order valence-electron chi connectivity index (χ3n) is 2.93. The maximum atomic E-state index is 13.0. The van der Waals surface area contributed by atoms with E-state index in [1.54, 1.807) is 11.8 Å². The molecule has 0 radical (unpaired) electrons. The van der Waals surface area contributed by atoms with Gasteiger partial charge in [0.25, 0.3) is 5.92 Å². The maximum absolute atomic E-state index is 13.0. The van der Waals surface area contributed by atoms with E-state index in [1.807, 2.05) is 35.4 Å². The molecule has 1 fully saturated rings. The van der Waals surface area contributed by atoms with E-state index in [4.69, 9.17) is 0 Å². The lowest BCUT2D eigenvalue weighted by atomic mass is 10.1. The fourth-order valence-corrected chi connectivity index (χ4v) is 2.29. The van der Waals surface area contributed by atoms with Gasteiger partial charge in [0, 0.05) is 36.5 Å². The molecule has 0 aliphatic carbocycles. The van der Waals surface area contributed by atoms with Crippen LogP contribution >= 0.6 is 11.8 Å². The molecule has 0 amide bonds. The molecule has 0 unspecified atom stereocenters. The molecular weight excluding hydrogens is 228 g/mol. The summed E-state index contributed by atoms with van der Waals surface area (Å²) in [6.45, 7) is 0.900. The van der Waals surface area contributed by atoms with Crippen molar-refractivity contribution in [3.63, 3.8) is 0 Å². The maximum Gasteiger partial charge on any atom is 0.251 e. The van der Waals surface area contributed by atoms with E-state index in [0.29, 0.717) is 13.1 Å². The third-order valence-corrected chi connectivity index (χ3v) is 3.68. The topological polar surface area (TPSA) is 3.24 Å². The van der Waals surface area contributed by atoms with Crippen LogP contribution in [0.4, 0.5) is 14.5 Å². The minimum Gasteiger partial charge on any atom is -0.371 e. The van der Waals surface area contributed by atoms with Crippen LogP contribution in [0.1, 0.15) is 12.8 Å². The number of rotatable bonds is 2. The highest BCUT2D eigenvalue weighted by molar-refractivity contribution is 7.98. The predicted molar refractivity (Wildman–Crippen MR) is 64.6 cm³/mol. The Labute approximate surface area is 98.8 Å². The molecule has 1 aromatic rings. The number of hydrogen-bond acceptors (Lipinski definition) is 2. The van der Waals surface area contributed by atoms with E-state index in [2.05, 4.69) is 0 Å². The van der Waals surface area contributed by atoms with E-state index >= 15 is 0 Å². The molecule has 1 nitrogen and oxygen atoms in total. The highest BCUT2D eigenvalue weighted by Gasteiger charge is 2.33. The van der Waals surface area contributed by atoms with Gasteiger partial charge in [-0.05, 0) is 30.5 Å². The van der Waals surface area contributed by atoms with E-state index < -0.39 is 5.92 Å². The van der Waals surface area contributed by atoms with Gasteiger partial charge in [-0.2, -0.15) is 0 Å². The molecule has 0 spiro atoms. The smallest absolute Gasteiger partial charge is 0.251 e. The van der Waals surface area contributed by atoms with Crippen LogP contribution in [-0.2, 0) is 0 Å². The van der Waals surface area contributed by atoms with E-state index in [0.717, 1.165) is 5.69 Å². The summed E-state index contributed by atoms with van der Waals surface area (Å²) in [6, 6.07) is 8.09. The number of hydrogen-bond donors (Lipinski definition) is 0. The molecule has 16 heavy (non-hydrogen) atoms. The van der Waals surface area contributed by atoms with E-state index in [9.17, 15) is 8.78 Å². The van der Waals surface area contributed by atoms with Crippen molar-refractivity contribution in [3.8, 4) is 0 Å². The van der Waals surface area contributed by atoms with Crippen LogP contribution in [0.25, 0.3) is 0 Å². The van der Waals surface area contributed by atoms with Crippen molar-refractivity contribution in [1.82, 2.24) is 0 Å². The number of thioether (sulfide) groups is 1. The Kier molecular flexibility index (Phi) is 3.38. The summed E-state index contributed by atoms with van der Waals surface area (Å²) in [5.74, 6) is -2.46. The zero-order valence-electron chi connectivity index (χ0n) is 9.25. The number of alkyl halides is 2. The van der Waals surface area contributed by atoms with Crippen molar-refractivity contribution >= 4 is 17.4 Å². The van der Waals surface area contributed by atoms with Crippen LogP contribution < -0.4 is 4.90 Å². The van der Waals surface area contributed by atoms with Crippen molar-refractivity contribution in [2.75, 3.05) is 24.2 Å². The monoisotopic (exact) mass is 243 g/mol. The highest BCUT2D eigenvalue weighted by atomic mass is 32.2. The lowest BCUT2D eigenvalue weighted by molar-refractivity contribution is -0.0220. The summed E-state index contributed by atoms with van der Waals surface area (Å²) in [7, 11) is 0. The fraction of sp³-hybridized carbons (Fsp3) is 0.500. The lowest BCUT2D eigenvalue weighted by Gasteiger charge is -2.33. The summed E-state index contributed by atoms with van der Waals surface area (Å²) in [4.78, 5) is 3.23. The standard InChI is InChI=1S/C12H15F2NS/c1-16-11-4-2-10(3-5-11)15-8-6-12(13,14)7-9-15/h2-5H,6-9H2,1H3. The summed E-state index contributed by atoms with van der Waals surface area (Å²) in [5.41, 5.74) is 1.05. The molecule has 2 rings (SSSR count). The summed E-state index contributed by atoms with van der Waals surface area (Å²) in [5, 5.41) is 0. The van der Waals surface area contributed by atoms with Crippen LogP contribution in [0, 0.1) is 0 Å². The fourth-order valence-electron chi connectivity index (χ4n) is 1.89. The van der Waals surface area contributed by atoms with Crippen LogP contribution in [0.5, 0.6) is 0 Å². The number of benzene rings is 1. The Balaban J connectivity index is 2.03. The van der Waals surface area contributed by atoms with Crippen LogP contribution in [0.2, 0.25) is 0 Å². The number of nitrogens with zero attached hydrogens (tertiary/aromatic N) is 1. The van der Waals surface area contributed by atoms with Crippen molar-refractivity contribution in [2.24, 2.45) is 0 Å². The molecule has 1 aromatic carbocycles. The van der Waals surface area contributed by atoms with Gasteiger partial charge in [-0.25, -0.2) is 8.78 Å². The zero-order chi connectivity index (χ0) is 11.6. The van der Waals surface area contributed by atoms with Gasteiger partial charge in [-0.3, -0.25) is 0 Å². The number of halogens is 2. The third kappa shape index (κ3) is 2.67. The Morgan fingerprint density at radius 1 is 1.12 bits per heavy atom. The first kappa shape index (κ1) is 11.7. The Morgan fingerprint density at radius 3 is 2.19 bits per heavy atom. The van der Waals surface area contributed by atoms with Gasteiger partial charge < -0.3 is 4.90 Å². The molecule has 1 saturated heterocycles. The second kappa shape index (κ2) is 4.62. The minimum absolute atomic E-state index is 0.0305. The molecular formula is C12H15F2NS. The van der Waals surface area contributed by atoms with Crippen LogP contribution in [-0.4, -0.2) is 25.3 Å². The average molecular weight is 243 g/mol. The van der Waals surface area contributed by atoms with Crippen LogP contribution in [0.3, 0.4) is 0 Å². The zero-order valence-corrected chi connectivity index (χ0v) is 10.1. The van der Waals surface area contributed by atoms with Crippen molar-refractivity contribution < 1.29 is 8.78 Å². The first-order valence-corrected chi connectivity index (χ1v) is 6.60. The Morgan fingerprint density at radius 2 is 1.69 bits per heavy atom. The van der Waals surface area contributed by atoms with Crippen LogP contribution in [0.15, 0.2) is 29.2 Å². The molecule has 4 heteroatoms. The second-order valence-electron chi connectivity index (χ2n) is 4.04. The number of anilines is 1. The van der Waals surface area contributed by atoms with Gasteiger partial charge in [-0.15, -0.1) is 11.8 Å². The molecule has 0 aromatic heterocycles. The Hall–Kier alpha value is -0.770. The quantitative estimate of drug-likeness (QED) is 0.729. The molecule has 1 aliphatic heterocycles. The summed E-state index contributed by atoms with van der Waals surface area (Å²) in [6.07, 6.45) is 1.96. The van der Waals surface area contributed by atoms with E-state index in [-0.39, 0.29) is 12.8 Å². The molecule has 0 saturated carbocycles. The molecule has 88 valence electrons. The highest BCUT2D eigenvalue weighted by Crippen LogP contribution is 2.30. The molecule has 0 atom stereocenters.